The Morgan fingerprint density at radius 3 is 2.58 bits per heavy atom. The van der Waals surface area contributed by atoms with E-state index in [2.05, 4.69) is 10.3 Å². The highest BCUT2D eigenvalue weighted by Crippen LogP contribution is 2.34. The number of nitrogens with zero attached hydrogens (tertiary/aromatic N) is 3. The van der Waals surface area contributed by atoms with Crippen LogP contribution in [0.15, 0.2) is 36.5 Å². The van der Waals surface area contributed by atoms with Gasteiger partial charge in [0.15, 0.2) is 0 Å². The first-order valence-electron chi connectivity index (χ1n) is 7.00. The third-order valence-electron chi connectivity index (χ3n) is 3.98. The topological polar surface area (TPSA) is 50.9 Å². The minimum Gasteiger partial charge on any atom is -0.386 e. The quantitative estimate of drug-likeness (QED) is 0.919. The Bertz CT molecular complexity index is 517. The van der Waals surface area contributed by atoms with Gasteiger partial charge >= 0.3 is 0 Å². The molecule has 1 unspecified atom stereocenters. The van der Waals surface area contributed by atoms with Crippen LogP contribution in [0.5, 0.6) is 0 Å². The highest BCUT2D eigenvalue weighted by molar-refractivity contribution is 5.32. The van der Waals surface area contributed by atoms with Crippen molar-refractivity contribution in [3.63, 3.8) is 0 Å². The summed E-state index contributed by atoms with van der Waals surface area (Å²) in [4.78, 5) is 0. The molecule has 1 fully saturated rings. The smallest absolute Gasteiger partial charge is 0.101 e. The van der Waals surface area contributed by atoms with E-state index in [-0.39, 0.29) is 0 Å². The third-order valence-corrected chi connectivity index (χ3v) is 3.98. The summed E-state index contributed by atoms with van der Waals surface area (Å²) in [7, 11) is 0. The molecule has 1 aromatic carbocycles. The fourth-order valence-electron chi connectivity index (χ4n) is 2.91. The molecule has 1 aliphatic carbocycles. The molecule has 2 aromatic rings. The number of hydrogen-bond donors (Lipinski definition) is 1. The van der Waals surface area contributed by atoms with Crippen molar-refractivity contribution in [1.29, 1.82) is 0 Å². The molecule has 1 heterocycles. The number of aliphatic hydroxyl groups is 1. The number of para-hydroxylation sites is 1. The molecule has 1 aromatic heterocycles. The molecule has 0 spiro atoms. The van der Waals surface area contributed by atoms with Gasteiger partial charge in [-0.05, 0) is 30.9 Å². The molecule has 1 N–H and O–H groups in total. The number of aliphatic hydroxyl groups excluding tert-OH is 1. The summed E-state index contributed by atoms with van der Waals surface area (Å²) < 4.78 is 1.75. The number of hydrogen-bond acceptors (Lipinski definition) is 3. The Balaban J connectivity index is 1.87. The van der Waals surface area contributed by atoms with Gasteiger partial charge in [-0.2, -0.15) is 0 Å². The summed E-state index contributed by atoms with van der Waals surface area (Å²) in [5, 5.41) is 18.7. The largest absolute Gasteiger partial charge is 0.386 e. The molecule has 1 saturated carbocycles. The van der Waals surface area contributed by atoms with Gasteiger partial charge in [0.25, 0.3) is 0 Å². The molecule has 4 nitrogen and oxygen atoms in total. The van der Waals surface area contributed by atoms with E-state index < -0.39 is 6.10 Å². The summed E-state index contributed by atoms with van der Waals surface area (Å²) in [6, 6.07) is 9.86. The Morgan fingerprint density at radius 1 is 1.11 bits per heavy atom. The SMILES string of the molecule is OC(c1cnnn1-c1ccccc1)C1CCCCC1. The van der Waals surface area contributed by atoms with E-state index in [9.17, 15) is 5.11 Å². The average Bonchev–Trinajstić information content (AvgIpc) is 2.98. The zero-order valence-electron chi connectivity index (χ0n) is 10.9. The third kappa shape index (κ3) is 2.54. The first-order chi connectivity index (χ1) is 9.36. The van der Waals surface area contributed by atoms with Crippen LogP contribution in [0.25, 0.3) is 5.69 Å². The van der Waals surface area contributed by atoms with Gasteiger partial charge in [0.2, 0.25) is 0 Å². The highest BCUT2D eigenvalue weighted by Gasteiger charge is 2.26. The van der Waals surface area contributed by atoms with Gasteiger partial charge in [0.05, 0.1) is 17.6 Å². The Kier molecular flexibility index (Phi) is 3.60. The van der Waals surface area contributed by atoms with E-state index in [0.717, 1.165) is 24.2 Å². The lowest BCUT2D eigenvalue weighted by Gasteiger charge is -2.26. The van der Waals surface area contributed by atoms with Gasteiger partial charge in [0.1, 0.15) is 6.10 Å². The molecule has 0 aliphatic heterocycles. The van der Waals surface area contributed by atoms with Gasteiger partial charge in [-0.25, -0.2) is 4.68 Å². The second-order valence-corrected chi connectivity index (χ2v) is 5.25. The second-order valence-electron chi connectivity index (χ2n) is 5.25. The summed E-state index contributed by atoms with van der Waals surface area (Å²) in [5.74, 6) is 0.342. The highest BCUT2D eigenvalue weighted by atomic mass is 16.3. The van der Waals surface area contributed by atoms with Crippen LogP contribution in [0.3, 0.4) is 0 Å². The van der Waals surface area contributed by atoms with Gasteiger partial charge in [-0.3, -0.25) is 0 Å². The number of benzene rings is 1. The summed E-state index contributed by atoms with van der Waals surface area (Å²) in [6.07, 6.45) is 7.15. The van der Waals surface area contributed by atoms with E-state index in [1.54, 1.807) is 10.9 Å². The maximum Gasteiger partial charge on any atom is 0.101 e. The minimum absolute atomic E-state index is 0.342. The molecule has 1 aliphatic rings. The second kappa shape index (κ2) is 5.53. The fraction of sp³-hybridized carbons (Fsp3) is 0.467. The van der Waals surface area contributed by atoms with Gasteiger partial charge in [0, 0.05) is 0 Å². The molecule has 4 heteroatoms. The van der Waals surface area contributed by atoms with Crippen molar-refractivity contribution in [2.24, 2.45) is 5.92 Å². The van der Waals surface area contributed by atoms with E-state index in [1.807, 2.05) is 30.3 Å². The lowest BCUT2D eigenvalue weighted by atomic mass is 9.84. The van der Waals surface area contributed by atoms with E-state index >= 15 is 0 Å². The molecular weight excluding hydrogens is 238 g/mol. The lowest BCUT2D eigenvalue weighted by Crippen LogP contribution is -2.18. The Hall–Kier alpha value is -1.68. The molecule has 100 valence electrons. The first kappa shape index (κ1) is 12.4. The molecule has 1 atom stereocenters. The van der Waals surface area contributed by atoms with Crippen LogP contribution in [0.2, 0.25) is 0 Å². The van der Waals surface area contributed by atoms with Crippen molar-refractivity contribution in [3.05, 3.63) is 42.2 Å². The lowest BCUT2D eigenvalue weighted by molar-refractivity contribution is 0.0790. The average molecular weight is 257 g/mol. The molecular formula is C15H19N3O. The molecule has 3 rings (SSSR count). The van der Waals surface area contributed by atoms with Crippen LogP contribution in [-0.2, 0) is 0 Å². The van der Waals surface area contributed by atoms with Gasteiger partial charge in [-0.1, -0.05) is 42.7 Å². The zero-order valence-corrected chi connectivity index (χ0v) is 10.9. The van der Waals surface area contributed by atoms with Crippen molar-refractivity contribution in [2.75, 3.05) is 0 Å². The van der Waals surface area contributed by atoms with Crippen LogP contribution in [0.4, 0.5) is 0 Å². The molecule has 0 bridgehead atoms. The Morgan fingerprint density at radius 2 is 1.84 bits per heavy atom. The van der Waals surface area contributed by atoms with Crippen molar-refractivity contribution in [3.8, 4) is 5.69 Å². The number of aromatic nitrogens is 3. The first-order valence-corrected chi connectivity index (χ1v) is 7.00. The minimum atomic E-state index is -0.462. The predicted molar refractivity (Wildman–Crippen MR) is 72.9 cm³/mol. The van der Waals surface area contributed by atoms with E-state index in [1.165, 1.54) is 19.3 Å². The standard InChI is InChI=1S/C15H19N3O/c19-15(12-7-3-1-4-8-12)14-11-16-17-18(14)13-9-5-2-6-10-13/h2,5-6,9-12,15,19H,1,3-4,7-8H2. The van der Waals surface area contributed by atoms with Crippen molar-refractivity contribution in [2.45, 2.75) is 38.2 Å². The van der Waals surface area contributed by atoms with Crippen molar-refractivity contribution in [1.82, 2.24) is 15.0 Å². The maximum atomic E-state index is 10.6. The number of rotatable bonds is 3. The van der Waals surface area contributed by atoms with Crippen LogP contribution in [-0.4, -0.2) is 20.1 Å². The van der Waals surface area contributed by atoms with E-state index in [4.69, 9.17) is 0 Å². The maximum absolute atomic E-state index is 10.6. The molecule has 19 heavy (non-hydrogen) atoms. The zero-order chi connectivity index (χ0) is 13.1. The predicted octanol–water partition coefficient (Wildman–Crippen LogP) is 2.88. The van der Waals surface area contributed by atoms with Crippen molar-refractivity contribution >= 4 is 0 Å². The van der Waals surface area contributed by atoms with Crippen LogP contribution < -0.4 is 0 Å². The summed E-state index contributed by atoms with van der Waals surface area (Å²) in [5.41, 5.74) is 1.75. The summed E-state index contributed by atoms with van der Waals surface area (Å²) >= 11 is 0. The van der Waals surface area contributed by atoms with Crippen molar-refractivity contribution < 1.29 is 5.11 Å². The fourth-order valence-corrected chi connectivity index (χ4v) is 2.91. The molecule has 0 amide bonds. The van der Waals surface area contributed by atoms with E-state index in [0.29, 0.717) is 5.92 Å². The Labute approximate surface area is 113 Å². The molecule has 0 saturated heterocycles. The van der Waals surface area contributed by atoms with Crippen LogP contribution >= 0.6 is 0 Å². The monoisotopic (exact) mass is 257 g/mol. The molecule has 0 radical (unpaired) electrons. The van der Waals surface area contributed by atoms with Gasteiger partial charge in [-0.15, -0.1) is 5.10 Å². The summed E-state index contributed by atoms with van der Waals surface area (Å²) in [6.45, 7) is 0. The van der Waals surface area contributed by atoms with Gasteiger partial charge < -0.3 is 5.11 Å². The normalized spacial score (nSPS) is 18.4. The van der Waals surface area contributed by atoms with Crippen LogP contribution in [0, 0.1) is 5.92 Å². The van der Waals surface area contributed by atoms with Crippen LogP contribution in [0.1, 0.15) is 43.9 Å².